The first-order valence-electron chi connectivity index (χ1n) is 6.90. The molecule has 0 aliphatic heterocycles. The average molecular weight is 364 g/mol. The molecule has 0 unspecified atom stereocenters. The zero-order chi connectivity index (χ0) is 15.6. The number of hydrogen-bond donors (Lipinski definition) is 1. The van der Waals surface area contributed by atoms with Crippen LogP contribution in [0.3, 0.4) is 0 Å². The smallest absolute Gasteiger partial charge is 0.251 e. The van der Waals surface area contributed by atoms with Gasteiger partial charge in [0.2, 0.25) is 0 Å². The second kappa shape index (κ2) is 6.38. The van der Waals surface area contributed by atoms with Gasteiger partial charge >= 0.3 is 0 Å². The highest BCUT2D eigenvalue weighted by molar-refractivity contribution is 9.09. The molecule has 0 spiro atoms. The van der Waals surface area contributed by atoms with E-state index >= 15 is 0 Å². The Morgan fingerprint density at radius 3 is 2.29 bits per heavy atom. The number of nitrogens with one attached hydrogen (secondary N) is 1. The molecular formula is C15H17BrF3NO. The Hall–Kier alpha value is -1.04. The Kier molecular flexibility index (Phi) is 4.96. The number of benzene rings is 1. The molecule has 1 N–H and O–H groups in total. The van der Waals surface area contributed by atoms with Crippen molar-refractivity contribution in [2.75, 3.05) is 5.33 Å². The van der Waals surface area contributed by atoms with Gasteiger partial charge in [-0.3, -0.25) is 4.79 Å². The number of carbonyl (C=O) groups is 1. The van der Waals surface area contributed by atoms with E-state index in [4.69, 9.17) is 0 Å². The monoisotopic (exact) mass is 363 g/mol. The van der Waals surface area contributed by atoms with Gasteiger partial charge in [0.1, 0.15) is 0 Å². The minimum absolute atomic E-state index is 0.203. The zero-order valence-electron chi connectivity index (χ0n) is 11.7. The van der Waals surface area contributed by atoms with Crippen LogP contribution in [-0.4, -0.2) is 16.8 Å². The lowest BCUT2D eigenvalue weighted by molar-refractivity contribution is 0.0873. The highest BCUT2D eigenvalue weighted by Crippen LogP contribution is 2.33. The Bertz CT molecular complexity index is 519. The van der Waals surface area contributed by atoms with E-state index in [9.17, 15) is 18.0 Å². The molecule has 0 heterocycles. The lowest BCUT2D eigenvalue weighted by Gasteiger charge is -2.39. The summed E-state index contributed by atoms with van der Waals surface area (Å²) in [5.74, 6) is -4.25. The van der Waals surface area contributed by atoms with Gasteiger partial charge in [-0.05, 0) is 43.7 Å². The third-order valence-corrected chi connectivity index (χ3v) is 5.19. The molecule has 0 aromatic heterocycles. The van der Waals surface area contributed by atoms with E-state index < -0.39 is 28.9 Å². The predicted octanol–water partition coefficient (Wildman–Crippen LogP) is 4.18. The highest BCUT2D eigenvalue weighted by atomic mass is 79.9. The van der Waals surface area contributed by atoms with E-state index in [0.717, 1.165) is 37.8 Å². The summed E-state index contributed by atoms with van der Waals surface area (Å²) in [7, 11) is 0. The van der Waals surface area contributed by atoms with E-state index in [2.05, 4.69) is 28.2 Å². The quantitative estimate of drug-likeness (QED) is 0.633. The summed E-state index contributed by atoms with van der Waals surface area (Å²) in [4.78, 5) is 12.2. The molecule has 21 heavy (non-hydrogen) atoms. The summed E-state index contributed by atoms with van der Waals surface area (Å²) in [6.45, 7) is 2.16. The minimum Gasteiger partial charge on any atom is -0.346 e. The van der Waals surface area contributed by atoms with Crippen molar-refractivity contribution in [2.24, 2.45) is 5.92 Å². The van der Waals surface area contributed by atoms with Crippen molar-refractivity contribution in [3.05, 3.63) is 35.1 Å². The summed E-state index contributed by atoms with van der Waals surface area (Å²) >= 11 is 3.41. The Morgan fingerprint density at radius 2 is 1.81 bits per heavy atom. The third kappa shape index (κ3) is 3.59. The molecule has 1 aliphatic carbocycles. The predicted molar refractivity (Wildman–Crippen MR) is 77.9 cm³/mol. The zero-order valence-corrected chi connectivity index (χ0v) is 13.3. The van der Waals surface area contributed by atoms with E-state index in [1.54, 1.807) is 0 Å². The van der Waals surface area contributed by atoms with Crippen LogP contribution in [0.15, 0.2) is 12.1 Å². The van der Waals surface area contributed by atoms with Gasteiger partial charge in [-0.25, -0.2) is 13.2 Å². The molecule has 1 saturated carbocycles. The fourth-order valence-electron chi connectivity index (χ4n) is 2.61. The van der Waals surface area contributed by atoms with E-state index in [0.29, 0.717) is 11.2 Å². The van der Waals surface area contributed by atoms with Crippen molar-refractivity contribution in [2.45, 2.75) is 38.1 Å². The second-order valence-electron chi connectivity index (χ2n) is 5.80. The first-order chi connectivity index (χ1) is 9.87. The van der Waals surface area contributed by atoms with Crippen LogP contribution in [0.5, 0.6) is 0 Å². The third-order valence-electron chi connectivity index (χ3n) is 4.11. The fourth-order valence-corrected chi connectivity index (χ4v) is 3.31. The van der Waals surface area contributed by atoms with Crippen molar-refractivity contribution in [3.63, 3.8) is 0 Å². The van der Waals surface area contributed by atoms with Gasteiger partial charge in [0, 0.05) is 10.9 Å². The largest absolute Gasteiger partial charge is 0.346 e. The molecule has 1 aliphatic rings. The lowest BCUT2D eigenvalue weighted by Crippen LogP contribution is -2.52. The topological polar surface area (TPSA) is 29.1 Å². The Labute approximate surface area is 130 Å². The molecule has 2 nitrogen and oxygen atoms in total. The van der Waals surface area contributed by atoms with Crippen LogP contribution in [0.4, 0.5) is 13.2 Å². The maximum absolute atomic E-state index is 13.2. The molecular weight excluding hydrogens is 347 g/mol. The maximum atomic E-state index is 13.2. The van der Waals surface area contributed by atoms with E-state index in [1.165, 1.54) is 0 Å². The van der Waals surface area contributed by atoms with Crippen LogP contribution >= 0.6 is 15.9 Å². The van der Waals surface area contributed by atoms with Gasteiger partial charge in [0.25, 0.3) is 5.91 Å². The molecule has 0 radical (unpaired) electrons. The summed E-state index contributed by atoms with van der Waals surface area (Å²) in [6.07, 6.45) is 3.57. The van der Waals surface area contributed by atoms with Crippen LogP contribution < -0.4 is 5.32 Å². The van der Waals surface area contributed by atoms with Crippen LogP contribution in [0.2, 0.25) is 0 Å². The highest BCUT2D eigenvalue weighted by Gasteiger charge is 2.35. The number of amides is 1. The molecule has 0 saturated heterocycles. The standard InChI is InChI=1S/C15H17BrF3NO/c1-9-2-4-15(8-16,5-3-9)20-14(21)10-6-11(17)13(19)12(18)7-10/h6-7,9H,2-5,8H2,1H3,(H,20,21). The molecule has 1 fully saturated rings. The van der Waals surface area contributed by atoms with E-state index in [1.807, 2.05) is 0 Å². The molecule has 1 amide bonds. The van der Waals surface area contributed by atoms with Crippen molar-refractivity contribution in [3.8, 4) is 0 Å². The number of hydrogen-bond acceptors (Lipinski definition) is 1. The van der Waals surface area contributed by atoms with Crippen LogP contribution in [0, 0.1) is 23.4 Å². The van der Waals surface area contributed by atoms with Crippen molar-refractivity contribution in [1.82, 2.24) is 5.32 Å². The van der Waals surface area contributed by atoms with Gasteiger partial charge in [0.05, 0.1) is 5.54 Å². The number of halogens is 4. The summed E-state index contributed by atoms with van der Waals surface area (Å²) in [6, 6.07) is 1.45. The summed E-state index contributed by atoms with van der Waals surface area (Å²) in [5.41, 5.74) is -0.615. The Morgan fingerprint density at radius 1 is 1.29 bits per heavy atom. The van der Waals surface area contributed by atoms with Gasteiger partial charge in [-0.2, -0.15) is 0 Å². The van der Waals surface area contributed by atoms with Crippen molar-refractivity contribution < 1.29 is 18.0 Å². The first kappa shape index (κ1) is 16.3. The van der Waals surface area contributed by atoms with Crippen LogP contribution in [0.25, 0.3) is 0 Å². The summed E-state index contributed by atoms with van der Waals surface area (Å²) in [5, 5.41) is 3.43. The normalized spacial score (nSPS) is 25.7. The lowest BCUT2D eigenvalue weighted by atomic mass is 9.78. The van der Waals surface area contributed by atoms with Crippen LogP contribution in [0.1, 0.15) is 43.0 Å². The number of carbonyl (C=O) groups excluding carboxylic acids is 1. The van der Waals surface area contributed by atoms with Crippen LogP contribution in [-0.2, 0) is 0 Å². The van der Waals surface area contributed by atoms with Crippen molar-refractivity contribution >= 4 is 21.8 Å². The first-order valence-corrected chi connectivity index (χ1v) is 8.02. The molecule has 1 aromatic carbocycles. The van der Waals surface area contributed by atoms with Gasteiger partial charge in [-0.1, -0.05) is 22.9 Å². The van der Waals surface area contributed by atoms with Gasteiger partial charge in [0.15, 0.2) is 17.5 Å². The fraction of sp³-hybridized carbons (Fsp3) is 0.533. The molecule has 0 bridgehead atoms. The molecule has 6 heteroatoms. The average Bonchev–Trinajstić information content (AvgIpc) is 2.47. The Balaban J connectivity index is 2.17. The molecule has 0 atom stereocenters. The molecule has 116 valence electrons. The SMILES string of the molecule is CC1CCC(CBr)(NC(=O)c2cc(F)c(F)c(F)c2)CC1. The molecule has 1 aromatic rings. The van der Waals surface area contributed by atoms with Crippen molar-refractivity contribution in [1.29, 1.82) is 0 Å². The maximum Gasteiger partial charge on any atom is 0.251 e. The van der Waals surface area contributed by atoms with Gasteiger partial charge < -0.3 is 5.32 Å². The number of alkyl halides is 1. The van der Waals surface area contributed by atoms with Gasteiger partial charge in [-0.15, -0.1) is 0 Å². The minimum atomic E-state index is -1.56. The summed E-state index contributed by atoms with van der Waals surface area (Å²) < 4.78 is 39.3. The molecule has 2 rings (SSSR count). The van der Waals surface area contributed by atoms with E-state index in [-0.39, 0.29) is 5.56 Å². The number of rotatable bonds is 3. The second-order valence-corrected chi connectivity index (χ2v) is 6.37.